The number of aliphatic hydroxyl groups is 1. The van der Waals surface area contributed by atoms with Gasteiger partial charge in [0, 0.05) is 24.7 Å². The smallest absolute Gasteiger partial charge is 0.265 e. The van der Waals surface area contributed by atoms with E-state index in [1.165, 1.54) is 4.90 Å². The number of nitrogens with two attached hydrogens (primary N) is 2. The molecule has 1 aromatic carbocycles. The van der Waals surface area contributed by atoms with E-state index in [1.54, 1.807) is 0 Å². The first-order chi connectivity index (χ1) is 20.5. The third-order valence-corrected chi connectivity index (χ3v) is 6.62. The number of piperidine rings is 1. The Morgan fingerprint density at radius 2 is 2.03 bits per heavy atom. The summed E-state index contributed by atoms with van der Waals surface area (Å²) >= 11 is 0. The molecule has 5 N–H and O–H groups in total. The topological polar surface area (TPSA) is 141 Å². The molecule has 39 heavy (non-hydrogen) atoms. The number of anilines is 2. The van der Waals surface area contributed by atoms with Gasteiger partial charge in [0.15, 0.2) is 23.0 Å². The number of halogens is 4. The van der Waals surface area contributed by atoms with Crippen molar-refractivity contribution in [2.24, 2.45) is 5.73 Å². The fourth-order valence-electron chi connectivity index (χ4n) is 4.62. The van der Waals surface area contributed by atoms with Crippen LogP contribution in [0.25, 0.3) is 22.4 Å². The molecule has 3 aromatic heterocycles. The van der Waals surface area contributed by atoms with Crippen LogP contribution in [0.5, 0.6) is 5.75 Å². The number of hydrogen-bond donors (Lipinski definition) is 3. The summed E-state index contributed by atoms with van der Waals surface area (Å²) in [5.41, 5.74) is 9.56. The number of alkyl halides is 2. The Morgan fingerprint density at radius 3 is 2.79 bits per heavy atom. The molecule has 0 aliphatic carbocycles. The highest BCUT2D eigenvalue weighted by Gasteiger charge is 2.43. The molecule has 14 heteroatoms. The van der Waals surface area contributed by atoms with Gasteiger partial charge in [-0.15, -0.1) is 0 Å². The lowest BCUT2D eigenvalue weighted by atomic mass is 9.84. The Bertz CT molecular complexity index is 1710. The Hall–Kier alpha value is -4.04. The van der Waals surface area contributed by atoms with Gasteiger partial charge in [0.05, 0.1) is 49.8 Å². The van der Waals surface area contributed by atoms with Gasteiger partial charge in [-0.3, -0.25) is 4.98 Å². The number of nitrogen functional groups attached to an aromatic ring is 1. The highest BCUT2D eigenvalue weighted by atomic mass is 19.3. The Kier molecular flexibility index (Phi) is 5.49. The van der Waals surface area contributed by atoms with E-state index in [-0.39, 0.29) is 59.9 Å². The molecule has 0 unspecified atom stereocenters. The number of imidazole rings is 1. The van der Waals surface area contributed by atoms with E-state index in [1.807, 2.05) is 0 Å². The SMILES string of the molecule is [2H]C([2H])([2H])Oc1cc(F)c(-c2cc(C([2H])([2H])n3cnc4c(N)ncnc43)c(N3CCC[C@](N)([C@H](O)C(F)F)C3)cn2)cc1F. The summed E-state index contributed by atoms with van der Waals surface area (Å²) in [6.07, 6.45) is -1.63. The van der Waals surface area contributed by atoms with Crippen molar-refractivity contribution < 1.29 is 34.3 Å². The van der Waals surface area contributed by atoms with Gasteiger partial charge in [-0.25, -0.2) is 32.5 Å². The van der Waals surface area contributed by atoms with E-state index in [4.69, 9.17) is 18.3 Å². The van der Waals surface area contributed by atoms with Crippen molar-refractivity contribution in [2.45, 2.75) is 37.4 Å². The quantitative estimate of drug-likeness (QED) is 0.296. The number of fused-ring (bicyclic) bond motifs is 1. The van der Waals surface area contributed by atoms with Crippen LogP contribution in [0, 0.1) is 11.6 Å². The van der Waals surface area contributed by atoms with Crippen LogP contribution in [-0.2, 0) is 6.50 Å². The summed E-state index contributed by atoms with van der Waals surface area (Å²) in [5.74, 6) is -3.23. The van der Waals surface area contributed by atoms with E-state index in [0.29, 0.717) is 12.1 Å². The highest BCUT2D eigenvalue weighted by molar-refractivity contribution is 5.81. The monoisotopic (exact) mass is 551 g/mol. The van der Waals surface area contributed by atoms with Crippen molar-refractivity contribution >= 4 is 22.7 Å². The lowest BCUT2D eigenvalue weighted by molar-refractivity contribution is -0.0529. The molecule has 0 radical (unpaired) electrons. The third kappa shape index (κ3) is 4.92. The number of ether oxygens (including phenoxy) is 1. The number of pyridine rings is 1. The predicted molar refractivity (Wildman–Crippen MR) is 135 cm³/mol. The van der Waals surface area contributed by atoms with E-state index >= 15 is 4.39 Å². The molecule has 2 atom stereocenters. The Morgan fingerprint density at radius 1 is 1.21 bits per heavy atom. The maximum absolute atomic E-state index is 15.2. The first-order valence-corrected chi connectivity index (χ1v) is 11.6. The third-order valence-electron chi connectivity index (χ3n) is 6.62. The molecule has 0 saturated carbocycles. The maximum atomic E-state index is 15.2. The van der Waals surface area contributed by atoms with Crippen LogP contribution in [-0.4, -0.2) is 67.8 Å². The zero-order valence-corrected chi connectivity index (χ0v) is 20.2. The second-order valence-corrected chi connectivity index (χ2v) is 9.15. The van der Waals surface area contributed by atoms with Crippen molar-refractivity contribution in [3.63, 3.8) is 0 Å². The largest absolute Gasteiger partial charge is 0.494 e. The van der Waals surface area contributed by atoms with Gasteiger partial charge in [0.2, 0.25) is 0 Å². The van der Waals surface area contributed by atoms with Crippen LogP contribution < -0.4 is 21.1 Å². The molecular weight excluding hydrogens is 520 g/mol. The standard InChI is InChI=1S/C25H26F4N8O2/c1-39-19-7-15(26)14(6-16(19)27)17-5-13(9-37-12-35-20-23(30)33-11-34-24(20)37)18(8-32-17)36-4-2-3-25(31,10-36)21(38)22(28)29/h5-8,11-12,21-22,38H,2-4,9-10,31H2,1H3,(H2,30,33,34)/t21-,25-/m1/s1/i1D3,9D2. The van der Waals surface area contributed by atoms with Gasteiger partial charge in [-0.05, 0) is 30.5 Å². The normalized spacial score (nSPS) is 21.2. The second kappa shape index (κ2) is 10.3. The van der Waals surface area contributed by atoms with Crippen LogP contribution in [0.1, 0.15) is 25.3 Å². The molecular formula is C25H26F4N8O2. The van der Waals surface area contributed by atoms with Crippen molar-refractivity contribution in [3.8, 4) is 17.0 Å². The molecule has 1 saturated heterocycles. The van der Waals surface area contributed by atoms with Gasteiger partial charge in [0.1, 0.15) is 23.8 Å². The number of benzene rings is 1. The molecule has 206 valence electrons. The number of aromatic nitrogens is 5. The molecule has 4 aromatic rings. The molecule has 4 heterocycles. The molecule has 1 fully saturated rings. The first kappa shape index (κ1) is 20.9. The van der Waals surface area contributed by atoms with Crippen molar-refractivity contribution in [3.05, 3.63) is 54.2 Å². The van der Waals surface area contributed by atoms with Gasteiger partial charge < -0.3 is 30.8 Å². The van der Waals surface area contributed by atoms with Gasteiger partial charge in [-0.1, -0.05) is 0 Å². The number of hydrogen-bond acceptors (Lipinski definition) is 9. The number of methoxy groups -OCH3 is 1. The van der Waals surface area contributed by atoms with Crippen molar-refractivity contribution in [1.29, 1.82) is 0 Å². The van der Waals surface area contributed by atoms with Crippen LogP contribution >= 0.6 is 0 Å². The fourth-order valence-corrected chi connectivity index (χ4v) is 4.62. The summed E-state index contributed by atoms with van der Waals surface area (Å²) in [6.45, 7) is -2.66. The highest BCUT2D eigenvalue weighted by Crippen LogP contribution is 2.34. The predicted octanol–water partition coefficient (Wildman–Crippen LogP) is 2.73. The number of rotatable bonds is 7. The summed E-state index contributed by atoms with van der Waals surface area (Å²) in [4.78, 5) is 17.7. The minimum Gasteiger partial charge on any atom is -0.494 e. The zero-order chi connectivity index (χ0) is 32.2. The molecule has 5 rings (SSSR count). The zero-order valence-electron chi connectivity index (χ0n) is 25.2. The van der Waals surface area contributed by atoms with Crippen molar-refractivity contribution in [2.75, 3.05) is 30.8 Å². The number of aliphatic hydroxyl groups excluding tert-OH is 1. The van der Waals surface area contributed by atoms with Crippen LogP contribution in [0.2, 0.25) is 0 Å². The van der Waals surface area contributed by atoms with E-state index in [2.05, 4.69) is 24.7 Å². The lowest BCUT2D eigenvalue weighted by Crippen LogP contribution is -2.63. The van der Waals surface area contributed by atoms with Gasteiger partial charge >= 0.3 is 0 Å². The molecule has 1 aliphatic rings. The number of nitrogens with zero attached hydrogens (tertiary/aromatic N) is 6. The summed E-state index contributed by atoms with van der Waals surface area (Å²) < 4.78 is 102. The maximum Gasteiger partial charge on any atom is 0.265 e. The van der Waals surface area contributed by atoms with Gasteiger partial charge in [-0.2, -0.15) is 0 Å². The lowest BCUT2D eigenvalue weighted by Gasteiger charge is -2.44. The van der Waals surface area contributed by atoms with E-state index in [9.17, 15) is 18.3 Å². The Balaban J connectivity index is 1.67. The van der Waals surface area contributed by atoms with Crippen LogP contribution in [0.15, 0.2) is 37.1 Å². The van der Waals surface area contributed by atoms with Crippen LogP contribution in [0.3, 0.4) is 0 Å². The average molecular weight is 552 g/mol. The van der Waals surface area contributed by atoms with Crippen molar-refractivity contribution in [1.82, 2.24) is 24.5 Å². The van der Waals surface area contributed by atoms with E-state index < -0.39 is 54.6 Å². The minimum atomic E-state index is -3.14. The van der Waals surface area contributed by atoms with E-state index in [0.717, 1.165) is 29.5 Å². The average Bonchev–Trinajstić information content (AvgIpc) is 3.40. The fraction of sp³-hybridized carbons (Fsp3) is 0.360. The molecule has 0 spiro atoms. The van der Waals surface area contributed by atoms with Crippen LogP contribution in [0.4, 0.5) is 29.1 Å². The minimum absolute atomic E-state index is 0.00450. The Labute approximate surface area is 227 Å². The molecule has 1 aliphatic heterocycles. The second-order valence-electron chi connectivity index (χ2n) is 9.15. The molecule has 10 nitrogen and oxygen atoms in total. The summed E-state index contributed by atoms with van der Waals surface area (Å²) in [6, 6.07) is 2.32. The summed E-state index contributed by atoms with van der Waals surface area (Å²) in [7, 11) is -3.05. The first-order valence-electron chi connectivity index (χ1n) is 14.1. The summed E-state index contributed by atoms with van der Waals surface area (Å²) in [5, 5.41) is 10.2. The molecule has 0 amide bonds. The molecule has 0 bridgehead atoms. The van der Waals surface area contributed by atoms with Gasteiger partial charge in [0.25, 0.3) is 6.43 Å².